The number of carbonyl (C=O) groups is 10. The number of aromatic carboxylic acids is 2. The van der Waals surface area contributed by atoms with Crippen LogP contribution in [0.1, 0.15) is 246 Å². The molecule has 3 aliphatic rings. The average molecular weight is 2100 g/mol. The maximum absolute atomic E-state index is 13.4. The monoisotopic (exact) mass is 2100 g/mol. The van der Waals surface area contributed by atoms with Crippen LogP contribution in [0.15, 0.2) is 161 Å². The molecule has 143 heavy (non-hydrogen) atoms. The second kappa shape index (κ2) is 52.4. The van der Waals surface area contributed by atoms with Gasteiger partial charge in [-0.3, -0.25) is 19.2 Å². The number of aryl methyl sites for hydroxylation is 11. The predicted molar refractivity (Wildman–Crippen MR) is 579 cm³/mol. The van der Waals surface area contributed by atoms with Crippen LogP contribution in [-0.2, 0) is 23.4 Å². The number of carboxylic acid groups (broad SMARTS) is 2. The molecule has 3 fully saturated rings. The van der Waals surface area contributed by atoms with Crippen molar-refractivity contribution in [2.45, 2.75) is 181 Å². The number of benzene rings is 10. The molecule has 3 aliphatic heterocycles. The highest BCUT2D eigenvalue weighted by atomic mass is 79.9. The van der Waals surface area contributed by atoms with Gasteiger partial charge in [0.05, 0.1) is 61.8 Å². The van der Waals surface area contributed by atoms with E-state index in [-0.39, 0.29) is 65.2 Å². The summed E-state index contributed by atoms with van der Waals surface area (Å²) in [6.07, 6.45) is 6.37. The normalized spacial score (nSPS) is 14.3. The quantitative estimate of drug-likeness (QED) is 0.0132. The van der Waals surface area contributed by atoms with Gasteiger partial charge in [-0.1, -0.05) is 107 Å². The number of ether oxygens (including phenoxy) is 4. The lowest BCUT2D eigenvalue weighted by atomic mass is 9.97. The number of carbonyl (C=O) groups excluding carboxylic acids is 8. The number of esters is 4. The highest BCUT2D eigenvalue weighted by molar-refractivity contribution is 9.10. The van der Waals surface area contributed by atoms with Gasteiger partial charge in [0.25, 0.3) is 23.6 Å². The van der Waals surface area contributed by atoms with Crippen LogP contribution in [0.3, 0.4) is 0 Å². The number of hydrogen-bond acceptors (Lipinski definition) is 21. The second-order valence-corrected chi connectivity index (χ2v) is 45.0. The minimum Gasteiger partial charge on any atom is -0.478 e. The van der Waals surface area contributed by atoms with Crippen molar-refractivity contribution in [3.63, 3.8) is 0 Å². The van der Waals surface area contributed by atoms with Gasteiger partial charge in [0.1, 0.15) is 0 Å². The van der Waals surface area contributed by atoms with E-state index in [0.29, 0.717) is 101 Å². The van der Waals surface area contributed by atoms with Crippen LogP contribution < -0.4 is 41.7 Å². The van der Waals surface area contributed by atoms with Crippen molar-refractivity contribution < 1.29 is 91.7 Å². The fourth-order valence-corrected chi connectivity index (χ4v) is 18.8. The van der Waals surface area contributed by atoms with Crippen LogP contribution in [0.2, 0.25) is 18.1 Å². The third-order valence-corrected chi connectivity index (χ3v) is 32.5. The molecule has 0 aliphatic carbocycles. The number of nitrogens with zero attached hydrogens (tertiary/aromatic N) is 3. The molecular weight excluding hydrogens is 1960 g/mol. The predicted octanol–water partition coefficient (Wildman–Crippen LogP) is 23.1. The number of nitrogens with one attached hydrogen (secondary N) is 4. The standard InChI is InChI=1S/C30H44N2O4Si.C24H30N2O4.C23H28N2O4.C18H18BrNO3.C10H13NO2.C8H7BrO2/c1-20-12-14-24(32-16-10-11-23(18-32)19-36-37(8,9)30(4,5)6)17-26(20)28(33)31-27-21(2)13-15-25(22(27)3)29(34)35-7;1-15-7-9-19(26-11-5-6-18(13-26)14-27)12-21(15)23(28)25-22-16(2)8-10-20(17(22)3)24(29)30-4;1-14-6-8-18(25-10-4-5-17(12-25)13-26)11-20(14)22(27)24-21-15(2)7-9-19(16(21)3)23(28)29;1-10-5-7-13(19)9-15(10)17(21)20-16-11(2)6-8-14(12(16)3)18(22)23-4;1-6-4-8(10(12)13-3)5-7(2)9(6)11;1-5-2-3-6(9)4-7(5)8(10)11/h12-15,17,23H,10-11,16,18-19H2,1-9H3,(H,31,33);7-10,12,18,27H,5-6,11,13-14H2,1-4H3,(H,25,28);6-9,11,17,26H,4-5,10,12-13H2,1-3H3,(H,24,27)(H,28,29);5-9H,1-4H3,(H,20,21);4-5H,11H2,1-3H3;2-4H,1H3,(H,10,11). The first kappa shape index (κ1) is 115. The number of nitrogen functional groups attached to an aromatic ring is 1. The summed E-state index contributed by atoms with van der Waals surface area (Å²) < 4.78 is 27.3. The molecule has 10 aromatic carbocycles. The van der Waals surface area contributed by atoms with E-state index >= 15 is 0 Å². The maximum atomic E-state index is 13.4. The van der Waals surface area contributed by atoms with Gasteiger partial charge < -0.3 is 85.5 Å². The lowest BCUT2D eigenvalue weighted by Crippen LogP contribution is -2.44. The zero-order valence-electron chi connectivity index (χ0n) is 86.9. The van der Waals surface area contributed by atoms with E-state index in [1.165, 1.54) is 34.9 Å². The molecule has 3 saturated heterocycles. The summed E-state index contributed by atoms with van der Waals surface area (Å²) in [4.78, 5) is 128. The fourth-order valence-electron chi connectivity index (χ4n) is 17.0. The van der Waals surface area contributed by atoms with Gasteiger partial charge in [-0.25, -0.2) is 28.8 Å². The Hall–Kier alpha value is -12.8. The van der Waals surface area contributed by atoms with E-state index < -0.39 is 38.2 Å². The molecule has 764 valence electrons. The van der Waals surface area contributed by atoms with Crippen LogP contribution in [0.25, 0.3) is 0 Å². The molecular formula is C113H140Br2N8O19Si. The Morgan fingerprint density at radius 3 is 0.916 bits per heavy atom. The number of carboxylic acids is 2. The van der Waals surface area contributed by atoms with E-state index in [2.05, 4.69) is 112 Å². The number of nitrogens with two attached hydrogens (primary N) is 1. The number of hydrogen-bond donors (Lipinski definition) is 9. The molecule has 0 spiro atoms. The molecule has 27 nitrogen and oxygen atoms in total. The molecule has 0 aromatic heterocycles. The molecule has 0 saturated carbocycles. The Labute approximate surface area is 859 Å². The van der Waals surface area contributed by atoms with E-state index in [9.17, 15) is 63.3 Å². The second-order valence-electron chi connectivity index (χ2n) is 38.4. The van der Waals surface area contributed by atoms with Gasteiger partial charge in [-0.05, 0) is 359 Å². The fraction of sp³-hybridized carbons (Fsp3) is 0.381. The molecule has 0 radical (unpaired) electrons. The molecule has 4 amide bonds. The Kier molecular flexibility index (Phi) is 42.3. The van der Waals surface area contributed by atoms with Gasteiger partial charge in [-0.15, -0.1) is 0 Å². The van der Waals surface area contributed by atoms with Crippen LogP contribution in [-0.4, -0.2) is 176 Å². The third kappa shape index (κ3) is 30.6. The summed E-state index contributed by atoms with van der Waals surface area (Å²) in [5.74, 6) is -3.34. The molecule has 0 bridgehead atoms. The lowest BCUT2D eigenvalue weighted by molar-refractivity contribution is 0.0591. The van der Waals surface area contributed by atoms with Crippen molar-refractivity contribution in [2.75, 3.05) is 129 Å². The topological polar surface area (TPSA) is 382 Å². The summed E-state index contributed by atoms with van der Waals surface area (Å²) in [6, 6.07) is 45.9. The zero-order chi connectivity index (χ0) is 106. The van der Waals surface area contributed by atoms with Crippen molar-refractivity contribution in [2.24, 2.45) is 17.8 Å². The molecule has 10 N–H and O–H groups in total. The van der Waals surface area contributed by atoms with Gasteiger partial charge >= 0.3 is 35.8 Å². The number of methoxy groups -OCH3 is 4. The van der Waals surface area contributed by atoms with E-state index in [1.807, 2.05) is 149 Å². The number of piperidine rings is 3. The van der Waals surface area contributed by atoms with E-state index in [0.717, 1.165) is 171 Å². The summed E-state index contributed by atoms with van der Waals surface area (Å²) in [7, 11) is 3.62. The van der Waals surface area contributed by atoms with Gasteiger partial charge in [-0.2, -0.15) is 0 Å². The molecule has 30 heteroatoms. The Balaban J connectivity index is 0.000000218. The summed E-state index contributed by atoms with van der Waals surface area (Å²) in [5.41, 5.74) is 28.9. The molecule has 3 atom stereocenters. The third-order valence-electron chi connectivity index (χ3n) is 27.0. The molecule has 3 unspecified atom stereocenters. The van der Waals surface area contributed by atoms with E-state index in [1.54, 1.807) is 100 Å². The summed E-state index contributed by atoms with van der Waals surface area (Å²) in [5, 5.41) is 49.1. The number of amides is 4. The summed E-state index contributed by atoms with van der Waals surface area (Å²) in [6.45, 7) is 45.7. The molecule has 10 aromatic rings. The largest absolute Gasteiger partial charge is 0.478 e. The molecule has 3 heterocycles. The number of aliphatic hydroxyl groups excluding tert-OH is 2. The minimum absolute atomic E-state index is 0.175. The van der Waals surface area contributed by atoms with Crippen LogP contribution in [0.5, 0.6) is 0 Å². The minimum atomic E-state index is -1.78. The zero-order valence-corrected chi connectivity index (χ0v) is 91.0. The Bertz CT molecular complexity index is 6330. The first-order valence-corrected chi connectivity index (χ1v) is 52.2. The summed E-state index contributed by atoms with van der Waals surface area (Å²) >= 11 is 6.58. The number of halogens is 2. The first-order chi connectivity index (χ1) is 67.4. The Morgan fingerprint density at radius 2 is 0.622 bits per heavy atom. The highest BCUT2D eigenvalue weighted by Gasteiger charge is 2.39. The van der Waals surface area contributed by atoms with Gasteiger partial charge in [0.2, 0.25) is 0 Å². The van der Waals surface area contributed by atoms with Crippen molar-refractivity contribution in [1.82, 2.24) is 0 Å². The maximum Gasteiger partial charge on any atom is 0.338 e. The van der Waals surface area contributed by atoms with Crippen molar-refractivity contribution >= 4 is 145 Å². The molecule has 13 rings (SSSR count). The van der Waals surface area contributed by atoms with Crippen LogP contribution in [0, 0.1) is 122 Å². The van der Waals surface area contributed by atoms with Crippen molar-refractivity contribution in [1.29, 1.82) is 0 Å². The SMILES string of the molecule is COC(=O)c1cc(C)c(N)c(C)c1.COC(=O)c1ccc(C)c(NC(=O)c2cc(Br)ccc2C)c1C.COC(=O)c1ccc(C)c(NC(=O)c2cc(N3CCCC(CO)C3)ccc2C)c1C.COC(=O)c1ccc(C)c(NC(=O)c2cc(N3CCCC(CO[Si](C)(C)C(C)(C)C)C3)ccc2C)c1C.Cc1ccc(Br)cc1C(=O)O.Cc1ccc(N2CCCC(CO)C2)cc1C(=O)Nc1c(C)ccc(C(=O)O)c1C. The van der Waals surface area contributed by atoms with Crippen molar-refractivity contribution in [3.05, 3.63) is 300 Å². The van der Waals surface area contributed by atoms with Crippen molar-refractivity contribution in [3.8, 4) is 0 Å². The number of aliphatic hydroxyl groups is 2. The smallest absolute Gasteiger partial charge is 0.338 e. The van der Waals surface area contributed by atoms with Gasteiger partial charge in [0.15, 0.2) is 8.32 Å². The lowest BCUT2D eigenvalue weighted by Gasteiger charge is -2.40. The Morgan fingerprint density at radius 1 is 0.357 bits per heavy atom. The van der Waals surface area contributed by atoms with Crippen LogP contribution >= 0.6 is 31.9 Å². The number of anilines is 8. The first-order valence-electron chi connectivity index (χ1n) is 47.7. The number of rotatable bonds is 22. The van der Waals surface area contributed by atoms with Crippen LogP contribution in [0.4, 0.5) is 45.5 Å². The average Bonchev–Trinajstić information content (AvgIpc) is 0.802. The van der Waals surface area contributed by atoms with Gasteiger partial charge in [0, 0.05) is 136 Å². The van der Waals surface area contributed by atoms with E-state index in [4.69, 9.17) is 29.5 Å². The highest BCUT2D eigenvalue weighted by Crippen LogP contribution is 2.40.